The van der Waals surface area contributed by atoms with Crippen LogP contribution in [0.3, 0.4) is 0 Å². The Morgan fingerprint density at radius 2 is 2.00 bits per heavy atom. The first-order valence-corrected chi connectivity index (χ1v) is 5.72. The molecule has 92 valence electrons. The Morgan fingerprint density at radius 3 is 2.59 bits per heavy atom. The van der Waals surface area contributed by atoms with Gasteiger partial charge in [0.25, 0.3) is 0 Å². The Balaban J connectivity index is 2.14. The number of aromatic hydroxyl groups is 1. The molecule has 0 saturated carbocycles. The first-order chi connectivity index (χ1) is 8.13. The van der Waals surface area contributed by atoms with Crippen LogP contribution in [0.15, 0.2) is 24.3 Å². The molecule has 4 nitrogen and oxygen atoms in total. The molecule has 17 heavy (non-hydrogen) atoms. The third-order valence-electron chi connectivity index (χ3n) is 3.45. The number of ether oxygens (including phenoxy) is 1. The number of methoxy groups -OCH3 is 1. The second kappa shape index (κ2) is 4.75. The second-order valence-electron chi connectivity index (χ2n) is 4.39. The van der Waals surface area contributed by atoms with Crippen LogP contribution in [0.5, 0.6) is 5.75 Å². The van der Waals surface area contributed by atoms with Gasteiger partial charge >= 0.3 is 5.97 Å². The summed E-state index contributed by atoms with van der Waals surface area (Å²) in [7, 11) is 3.36. The van der Waals surface area contributed by atoms with E-state index in [-0.39, 0.29) is 23.8 Å². The Kier molecular flexibility index (Phi) is 3.33. The second-order valence-corrected chi connectivity index (χ2v) is 4.39. The number of likely N-dealkylation sites (tertiary alicyclic amines) is 1. The number of phenolic OH excluding ortho intramolecular Hbond substituents is 1. The van der Waals surface area contributed by atoms with E-state index in [2.05, 4.69) is 0 Å². The lowest BCUT2D eigenvalue weighted by molar-refractivity contribution is -0.145. The number of carbonyl (C=O) groups excluding carboxylic acids is 1. The third-order valence-corrected chi connectivity index (χ3v) is 3.45. The van der Waals surface area contributed by atoms with E-state index < -0.39 is 0 Å². The molecule has 2 rings (SSSR count). The maximum atomic E-state index is 11.6. The molecule has 1 aromatic rings. The summed E-state index contributed by atoms with van der Waals surface area (Å²) in [6.45, 7) is 0. The van der Waals surface area contributed by atoms with Crippen molar-refractivity contribution in [2.24, 2.45) is 0 Å². The van der Waals surface area contributed by atoms with Crippen LogP contribution in [0.25, 0.3) is 0 Å². The van der Waals surface area contributed by atoms with Crippen molar-refractivity contribution >= 4 is 5.97 Å². The van der Waals surface area contributed by atoms with Crippen molar-refractivity contribution in [3.05, 3.63) is 29.8 Å². The summed E-state index contributed by atoms with van der Waals surface area (Å²) < 4.78 is 4.79. The van der Waals surface area contributed by atoms with Crippen LogP contribution in [-0.2, 0) is 9.53 Å². The quantitative estimate of drug-likeness (QED) is 0.793. The molecule has 1 fully saturated rings. The number of likely N-dealkylation sites (N-methyl/N-ethyl adjacent to an activating group) is 1. The molecule has 1 saturated heterocycles. The van der Waals surface area contributed by atoms with Gasteiger partial charge in [-0.1, -0.05) is 12.1 Å². The van der Waals surface area contributed by atoms with Crippen molar-refractivity contribution in [2.45, 2.75) is 24.9 Å². The van der Waals surface area contributed by atoms with E-state index in [4.69, 9.17) is 4.74 Å². The van der Waals surface area contributed by atoms with Crippen molar-refractivity contribution < 1.29 is 14.6 Å². The zero-order valence-corrected chi connectivity index (χ0v) is 10.1. The van der Waals surface area contributed by atoms with Gasteiger partial charge in [0.1, 0.15) is 11.8 Å². The highest BCUT2D eigenvalue weighted by molar-refractivity contribution is 5.76. The van der Waals surface area contributed by atoms with E-state index in [1.54, 1.807) is 12.1 Å². The molecule has 1 N–H and O–H groups in total. The van der Waals surface area contributed by atoms with E-state index in [1.807, 2.05) is 24.1 Å². The summed E-state index contributed by atoms with van der Waals surface area (Å²) in [6, 6.07) is 7.22. The topological polar surface area (TPSA) is 49.8 Å². The average Bonchev–Trinajstić information content (AvgIpc) is 2.71. The maximum Gasteiger partial charge on any atom is 0.323 e. The fourth-order valence-electron chi connectivity index (χ4n) is 2.46. The molecule has 2 atom stereocenters. The minimum atomic E-state index is -0.172. The number of hydrogen-bond donors (Lipinski definition) is 1. The lowest BCUT2D eigenvalue weighted by Crippen LogP contribution is -2.35. The molecule has 1 heterocycles. The molecule has 0 aliphatic carbocycles. The van der Waals surface area contributed by atoms with Gasteiger partial charge in [0.15, 0.2) is 0 Å². The van der Waals surface area contributed by atoms with Crippen LogP contribution < -0.4 is 0 Å². The first kappa shape index (κ1) is 11.9. The normalized spacial score (nSPS) is 24.8. The average molecular weight is 235 g/mol. The van der Waals surface area contributed by atoms with Gasteiger partial charge in [0.05, 0.1) is 7.11 Å². The van der Waals surface area contributed by atoms with Crippen LogP contribution in [0.4, 0.5) is 0 Å². The fourth-order valence-corrected chi connectivity index (χ4v) is 2.46. The summed E-state index contributed by atoms with van der Waals surface area (Å²) in [5.74, 6) is 0.0905. The van der Waals surface area contributed by atoms with Crippen molar-refractivity contribution in [3.63, 3.8) is 0 Å². The highest BCUT2D eigenvalue weighted by Crippen LogP contribution is 2.35. The zero-order valence-electron chi connectivity index (χ0n) is 10.1. The summed E-state index contributed by atoms with van der Waals surface area (Å²) in [4.78, 5) is 13.6. The molecular weight excluding hydrogens is 218 g/mol. The predicted octanol–water partition coefficient (Wildman–Crippen LogP) is 1.70. The number of carbonyl (C=O) groups is 1. The Bertz CT molecular complexity index is 402. The van der Waals surface area contributed by atoms with Crippen LogP contribution in [0.2, 0.25) is 0 Å². The van der Waals surface area contributed by atoms with Gasteiger partial charge in [-0.2, -0.15) is 0 Å². The van der Waals surface area contributed by atoms with Gasteiger partial charge < -0.3 is 9.84 Å². The highest BCUT2D eigenvalue weighted by atomic mass is 16.5. The van der Waals surface area contributed by atoms with Crippen LogP contribution in [-0.4, -0.2) is 36.2 Å². The molecule has 0 spiro atoms. The van der Waals surface area contributed by atoms with Crippen LogP contribution in [0.1, 0.15) is 24.4 Å². The number of hydrogen-bond acceptors (Lipinski definition) is 4. The third kappa shape index (κ3) is 2.26. The van der Waals surface area contributed by atoms with Gasteiger partial charge in [-0.3, -0.25) is 9.69 Å². The molecule has 1 aliphatic rings. The molecule has 0 amide bonds. The number of esters is 1. The monoisotopic (exact) mass is 235 g/mol. The molecule has 4 heteroatoms. The number of phenols is 1. The summed E-state index contributed by atoms with van der Waals surface area (Å²) in [5, 5.41) is 9.26. The van der Waals surface area contributed by atoms with Crippen molar-refractivity contribution in [3.8, 4) is 5.75 Å². The molecule has 2 unspecified atom stereocenters. The molecule has 0 aromatic heterocycles. The Morgan fingerprint density at radius 1 is 1.35 bits per heavy atom. The van der Waals surface area contributed by atoms with E-state index >= 15 is 0 Å². The summed E-state index contributed by atoms with van der Waals surface area (Å²) >= 11 is 0. The lowest BCUT2D eigenvalue weighted by atomic mass is 10.0. The molecule has 0 radical (unpaired) electrons. The van der Waals surface area contributed by atoms with Gasteiger partial charge in [-0.05, 0) is 37.6 Å². The highest BCUT2D eigenvalue weighted by Gasteiger charge is 2.36. The van der Waals surface area contributed by atoms with Gasteiger partial charge in [0.2, 0.25) is 0 Å². The summed E-state index contributed by atoms with van der Waals surface area (Å²) in [5.41, 5.74) is 1.12. The fraction of sp³-hybridized carbons (Fsp3) is 0.462. The minimum absolute atomic E-state index is 0.154. The van der Waals surface area contributed by atoms with Gasteiger partial charge in [0, 0.05) is 6.04 Å². The Hall–Kier alpha value is -1.55. The van der Waals surface area contributed by atoms with Crippen molar-refractivity contribution in [2.75, 3.05) is 14.2 Å². The Labute approximate surface area is 101 Å². The van der Waals surface area contributed by atoms with Crippen molar-refractivity contribution in [1.82, 2.24) is 4.90 Å². The van der Waals surface area contributed by atoms with E-state index in [9.17, 15) is 9.90 Å². The summed E-state index contributed by atoms with van der Waals surface area (Å²) in [6.07, 6.45) is 1.75. The standard InChI is InChI=1S/C13H17NO3/c1-14-11(7-8-12(14)13(16)17-2)9-3-5-10(15)6-4-9/h3-6,11-12,15H,7-8H2,1-2H3. The maximum absolute atomic E-state index is 11.6. The van der Waals surface area contributed by atoms with Gasteiger partial charge in [-0.15, -0.1) is 0 Å². The number of benzene rings is 1. The van der Waals surface area contributed by atoms with Crippen LogP contribution in [0, 0.1) is 0 Å². The number of rotatable bonds is 2. The van der Waals surface area contributed by atoms with Crippen LogP contribution >= 0.6 is 0 Å². The van der Waals surface area contributed by atoms with E-state index in [0.29, 0.717) is 0 Å². The SMILES string of the molecule is COC(=O)C1CCC(c2ccc(O)cc2)N1C. The van der Waals surface area contributed by atoms with E-state index in [0.717, 1.165) is 18.4 Å². The first-order valence-electron chi connectivity index (χ1n) is 5.72. The van der Waals surface area contributed by atoms with Gasteiger partial charge in [-0.25, -0.2) is 0 Å². The number of nitrogens with zero attached hydrogens (tertiary/aromatic N) is 1. The molecule has 1 aliphatic heterocycles. The minimum Gasteiger partial charge on any atom is -0.508 e. The van der Waals surface area contributed by atoms with E-state index in [1.165, 1.54) is 7.11 Å². The molecule has 1 aromatic carbocycles. The largest absolute Gasteiger partial charge is 0.508 e. The predicted molar refractivity (Wildman–Crippen MR) is 63.6 cm³/mol. The lowest BCUT2D eigenvalue weighted by Gasteiger charge is -2.24. The zero-order chi connectivity index (χ0) is 12.4. The smallest absolute Gasteiger partial charge is 0.323 e. The molecular formula is C13H17NO3. The molecule has 0 bridgehead atoms. The van der Waals surface area contributed by atoms with Crippen molar-refractivity contribution in [1.29, 1.82) is 0 Å².